The molecule has 2 aromatic heterocycles. The number of H-pyrrole nitrogens is 1. The summed E-state index contributed by atoms with van der Waals surface area (Å²) in [5, 5.41) is 10.6. The molecule has 0 radical (unpaired) electrons. The molecule has 4 heterocycles. The molecule has 3 aliphatic rings. The fraction of sp³-hybridized carbons (Fsp3) is 0.556. The molecule has 11 atom stereocenters. The fourth-order valence-electron chi connectivity index (χ4n) is 7.21. The number of aromatic amines is 1. The van der Waals surface area contributed by atoms with E-state index in [2.05, 4.69) is 11.1 Å². The predicted octanol–water partition coefficient (Wildman–Crippen LogP) is 3.59. The minimum Gasteiger partial charge on any atom is -0.457 e. The number of nitrogens with one attached hydrogen (secondary N) is 1. The Morgan fingerprint density at radius 1 is 1.10 bits per heavy atom. The summed E-state index contributed by atoms with van der Waals surface area (Å²) in [6, 6.07) is 6.05. The molecule has 5 rings (SSSR count). The Morgan fingerprint density at radius 2 is 1.83 bits per heavy atom. The van der Waals surface area contributed by atoms with Crippen molar-refractivity contribution in [1.82, 2.24) is 9.55 Å². The molecule has 0 amide bonds. The van der Waals surface area contributed by atoms with Gasteiger partial charge in [-0.2, -0.15) is 0 Å². The summed E-state index contributed by atoms with van der Waals surface area (Å²) in [4.78, 5) is 53.9. The lowest BCUT2D eigenvalue weighted by Crippen LogP contribution is -2.48. The summed E-state index contributed by atoms with van der Waals surface area (Å²) < 4.78 is 32.0. The third-order valence-corrected chi connectivity index (χ3v) is 10.1. The summed E-state index contributed by atoms with van der Waals surface area (Å²) in [6.45, 7) is 8.93. The van der Waals surface area contributed by atoms with E-state index in [0.717, 1.165) is 5.57 Å². The number of carbonyl (C=O) groups is 3. The lowest BCUT2D eigenvalue weighted by atomic mass is 9.69. The second-order valence-electron chi connectivity index (χ2n) is 13.4. The number of carbonyl (C=O) groups excluding carboxylic acids is 3. The summed E-state index contributed by atoms with van der Waals surface area (Å²) in [5.74, 6) is -2.93. The van der Waals surface area contributed by atoms with Gasteiger partial charge in [-0.25, -0.2) is 9.59 Å². The minimum absolute atomic E-state index is 0.122. The first-order valence-electron chi connectivity index (χ1n) is 16.5. The van der Waals surface area contributed by atoms with Crippen molar-refractivity contribution in [1.29, 1.82) is 0 Å². The average molecular weight is 667 g/mol. The highest BCUT2D eigenvalue weighted by Crippen LogP contribution is 2.53. The van der Waals surface area contributed by atoms with Crippen LogP contribution in [0, 0.1) is 23.7 Å². The first-order valence-corrected chi connectivity index (χ1v) is 16.5. The maximum absolute atomic E-state index is 13.6. The molecule has 48 heavy (non-hydrogen) atoms. The van der Waals surface area contributed by atoms with E-state index in [4.69, 9.17) is 23.7 Å². The first kappa shape index (κ1) is 35.3. The first-order chi connectivity index (χ1) is 22.8. The van der Waals surface area contributed by atoms with Gasteiger partial charge in [0.15, 0.2) is 11.5 Å². The summed E-state index contributed by atoms with van der Waals surface area (Å²) in [5.41, 5.74) is 0.169. The number of ether oxygens (including phenoxy) is 5. The van der Waals surface area contributed by atoms with Gasteiger partial charge in [0.05, 0.1) is 11.7 Å². The predicted molar refractivity (Wildman–Crippen MR) is 174 cm³/mol. The number of aromatic nitrogens is 2. The number of pyridine rings is 1. The number of aliphatic hydroxyl groups excluding tert-OH is 1. The zero-order valence-electron chi connectivity index (χ0n) is 28.2. The van der Waals surface area contributed by atoms with Gasteiger partial charge in [-0.1, -0.05) is 32.1 Å². The minimum atomic E-state index is -0.932. The van der Waals surface area contributed by atoms with Crippen LogP contribution in [-0.4, -0.2) is 81.9 Å². The van der Waals surface area contributed by atoms with Crippen molar-refractivity contribution in [2.24, 2.45) is 23.7 Å². The van der Waals surface area contributed by atoms with Gasteiger partial charge in [-0.3, -0.25) is 9.59 Å². The van der Waals surface area contributed by atoms with E-state index in [1.54, 1.807) is 32.2 Å². The normalized spacial score (nSPS) is 32.1. The number of esters is 3. The molecule has 12 nitrogen and oxygen atoms in total. The van der Waals surface area contributed by atoms with Crippen LogP contribution in [0.15, 0.2) is 71.5 Å². The second-order valence-corrected chi connectivity index (χ2v) is 13.4. The molecule has 2 aromatic rings. The molecule has 260 valence electrons. The largest absolute Gasteiger partial charge is 0.457 e. The third-order valence-electron chi connectivity index (χ3n) is 10.1. The number of cyclic esters (lactones) is 1. The van der Waals surface area contributed by atoms with Crippen LogP contribution in [0.4, 0.5) is 0 Å². The lowest BCUT2D eigenvalue weighted by molar-refractivity contribution is -0.179. The van der Waals surface area contributed by atoms with Crippen molar-refractivity contribution >= 4 is 17.9 Å². The molecular formula is C36H46N2O10. The van der Waals surface area contributed by atoms with Crippen LogP contribution < -0.4 is 5.43 Å². The maximum Gasteiger partial charge on any atom is 0.355 e. The lowest BCUT2D eigenvalue weighted by Gasteiger charge is -2.42. The van der Waals surface area contributed by atoms with Crippen molar-refractivity contribution < 1.29 is 43.2 Å². The molecule has 1 saturated heterocycles. The maximum atomic E-state index is 13.6. The van der Waals surface area contributed by atoms with Gasteiger partial charge in [-0.05, 0) is 51.3 Å². The topological polar surface area (TPSA) is 155 Å². The molecule has 0 saturated carbocycles. The summed E-state index contributed by atoms with van der Waals surface area (Å²) in [7, 11) is 1.45. The molecule has 12 heteroatoms. The number of hydrogen-bond acceptors (Lipinski definition) is 10. The second kappa shape index (κ2) is 14.6. The molecule has 1 spiro atoms. The number of rotatable bonds is 10. The Hall–Kier alpha value is -4.00. The zero-order chi connectivity index (χ0) is 34.7. The van der Waals surface area contributed by atoms with Crippen LogP contribution >= 0.6 is 0 Å². The Balaban J connectivity index is 1.43. The van der Waals surface area contributed by atoms with Crippen molar-refractivity contribution in [2.75, 3.05) is 7.11 Å². The van der Waals surface area contributed by atoms with E-state index in [-0.39, 0.29) is 30.2 Å². The molecule has 1 fully saturated rings. The number of hydrogen-bond donors (Lipinski definition) is 2. The van der Waals surface area contributed by atoms with E-state index in [9.17, 15) is 24.3 Å². The number of aliphatic hydroxyl groups is 1. The summed E-state index contributed by atoms with van der Waals surface area (Å²) >= 11 is 0. The van der Waals surface area contributed by atoms with E-state index >= 15 is 0 Å². The van der Waals surface area contributed by atoms with E-state index in [1.165, 1.54) is 36.2 Å². The molecule has 0 unspecified atom stereocenters. The van der Waals surface area contributed by atoms with Gasteiger partial charge < -0.3 is 38.3 Å². The number of methoxy groups -OCH3 is 1. The van der Waals surface area contributed by atoms with Crippen LogP contribution in [0.2, 0.25) is 0 Å². The molecule has 2 N–H and O–H groups in total. The van der Waals surface area contributed by atoms with Crippen LogP contribution in [0.1, 0.15) is 57.9 Å². The number of fused-ring (bicyclic) bond motifs is 1. The quantitative estimate of drug-likeness (QED) is 0.218. The smallest absolute Gasteiger partial charge is 0.355 e. The fourth-order valence-corrected chi connectivity index (χ4v) is 7.21. The standard InChI is InChI=1S/C36H46N2O10/c1-20-16-21(2)36-18-25(33(48-36)32(22(3)23(4)39)47-34(42)28-8-7-13-37-28)9-10-26(36)17-29(44-6)35(43)46-31(20)24(5)45-30(41)19-38-14-11-27(40)12-15-38/h7-16,20,22-26,29,31-33,37,39H,17-19H2,1-6H3/b21-16+/t20-,22-,23+,24-,25-,26-,29+,31+,32-,33-,36+/m1/s1. The number of nitrogens with zero attached hydrogens (tertiary/aromatic N) is 1. The van der Waals surface area contributed by atoms with Crippen LogP contribution in [0.25, 0.3) is 0 Å². The SMILES string of the molecule is CO[C@H]1C[C@H]2C=C[C@@H]3C[C@]2(O[C@H]3[C@H](OC(=O)c2ccc[nH]2)[C@H](C)[C@H](C)O)/C(C)=C/[C@@H](C)[C@@H]([C@@H](C)OC(=O)Cn2ccc(=O)cc2)OC1=O. The van der Waals surface area contributed by atoms with Gasteiger partial charge in [0.1, 0.15) is 36.7 Å². The van der Waals surface area contributed by atoms with Crippen LogP contribution in [-0.2, 0) is 39.8 Å². The molecule has 1 aliphatic carbocycles. The highest BCUT2D eigenvalue weighted by atomic mass is 16.6. The van der Waals surface area contributed by atoms with Gasteiger partial charge in [0.2, 0.25) is 0 Å². The third kappa shape index (κ3) is 7.35. The Kier molecular flexibility index (Phi) is 10.8. The Labute approximate surface area is 280 Å². The Morgan fingerprint density at radius 3 is 2.48 bits per heavy atom. The molecule has 2 aliphatic heterocycles. The van der Waals surface area contributed by atoms with Crippen molar-refractivity contribution in [2.45, 2.75) is 96.2 Å². The summed E-state index contributed by atoms with van der Waals surface area (Å²) in [6.07, 6.45) is 6.86. The van der Waals surface area contributed by atoms with Gasteiger partial charge in [0.25, 0.3) is 0 Å². The van der Waals surface area contributed by atoms with Crippen molar-refractivity contribution in [3.05, 3.63) is 82.6 Å². The van der Waals surface area contributed by atoms with Crippen molar-refractivity contribution in [3.8, 4) is 0 Å². The monoisotopic (exact) mass is 666 g/mol. The average Bonchev–Trinajstić information content (AvgIpc) is 3.70. The zero-order valence-corrected chi connectivity index (χ0v) is 28.2. The van der Waals surface area contributed by atoms with Gasteiger partial charge in [0, 0.05) is 61.5 Å². The Bertz CT molecular complexity index is 1560. The highest BCUT2D eigenvalue weighted by Gasteiger charge is 2.57. The molecular weight excluding hydrogens is 620 g/mol. The van der Waals surface area contributed by atoms with E-state index in [0.29, 0.717) is 12.1 Å². The van der Waals surface area contributed by atoms with E-state index < -0.39 is 72.0 Å². The van der Waals surface area contributed by atoms with Crippen LogP contribution in [0.3, 0.4) is 0 Å². The molecule has 0 aromatic carbocycles. The van der Waals surface area contributed by atoms with Crippen molar-refractivity contribution in [3.63, 3.8) is 0 Å². The van der Waals surface area contributed by atoms with Gasteiger partial charge in [-0.15, -0.1) is 0 Å². The highest BCUT2D eigenvalue weighted by molar-refractivity contribution is 5.87. The molecule has 2 bridgehead atoms. The van der Waals surface area contributed by atoms with Gasteiger partial charge >= 0.3 is 17.9 Å². The van der Waals surface area contributed by atoms with Crippen LogP contribution in [0.5, 0.6) is 0 Å². The van der Waals surface area contributed by atoms with E-state index in [1.807, 2.05) is 32.9 Å².